The maximum absolute atomic E-state index is 12.2. The molecule has 1 aliphatic heterocycles. The van der Waals surface area contributed by atoms with E-state index < -0.39 is 0 Å². The molecule has 170 valence electrons. The number of nitrogens with one attached hydrogen (secondary N) is 3. The highest BCUT2D eigenvalue weighted by atomic mass is 16.3. The lowest BCUT2D eigenvalue weighted by molar-refractivity contribution is 0.0964. The van der Waals surface area contributed by atoms with Gasteiger partial charge in [-0.15, -0.1) is 0 Å². The Hall–Kier alpha value is -3.72. The number of nitrogens with zero attached hydrogens (tertiary/aromatic N) is 4. The second-order valence-corrected chi connectivity index (χ2v) is 8.41. The maximum atomic E-state index is 12.2. The van der Waals surface area contributed by atoms with E-state index in [4.69, 9.17) is 4.98 Å². The number of pyridine rings is 1. The second kappa shape index (κ2) is 8.67. The van der Waals surface area contributed by atoms with Crippen molar-refractivity contribution in [3.63, 3.8) is 0 Å². The fourth-order valence-electron chi connectivity index (χ4n) is 4.40. The zero-order valence-electron chi connectivity index (χ0n) is 18.7. The first kappa shape index (κ1) is 21.1. The van der Waals surface area contributed by atoms with Crippen LogP contribution in [0.3, 0.4) is 0 Å². The van der Waals surface area contributed by atoms with Crippen LogP contribution in [0.4, 0.5) is 11.6 Å². The Bertz CT molecular complexity index is 1330. The van der Waals surface area contributed by atoms with Gasteiger partial charge < -0.3 is 25.6 Å². The van der Waals surface area contributed by atoms with Crippen LogP contribution in [0.5, 0.6) is 0 Å². The third-order valence-corrected chi connectivity index (χ3v) is 6.23. The second-order valence-electron chi connectivity index (χ2n) is 8.41. The molecule has 0 radical (unpaired) electrons. The molecular weight excluding hydrogens is 418 g/mol. The number of H-pyrrole nitrogens is 1. The van der Waals surface area contributed by atoms with Gasteiger partial charge in [-0.1, -0.05) is 6.07 Å². The fourth-order valence-corrected chi connectivity index (χ4v) is 4.40. The SMILES string of the molecule is CNC(=O)c1ccc(CNc2cnc3ccc(N4CCC(O)CC4)nc3n2)c2c(C)c[nH]c12. The molecule has 0 aliphatic carbocycles. The smallest absolute Gasteiger partial charge is 0.253 e. The summed E-state index contributed by atoms with van der Waals surface area (Å²) in [6, 6.07) is 7.70. The Balaban J connectivity index is 1.39. The van der Waals surface area contributed by atoms with Gasteiger partial charge in [-0.05, 0) is 49.1 Å². The van der Waals surface area contributed by atoms with Crippen LogP contribution in [0.2, 0.25) is 0 Å². The highest BCUT2D eigenvalue weighted by Gasteiger charge is 2.19. The van der Waals surface area contributed by atoms with Crippen molar-refractivity contribution in [2.24, 2.45) is 0 Å². The molecule has 0 saturated carbocycles. The van der Waals surface area contributed by atoms with Gasteiger partial charge in [0, 0.05) is 38.3 Å². The molecule has 3 aromatic heterocycles. The average Bonchev–Trinajstić information content (AvgIpc) is 3.24. The molecule has 4 heterocycles. The maximum Gasteiger partial charge on any atom is 0.253 e. The van der Waals surface area contributed by atoms with Crippen LogP contribution in [-0.2, 0) is 6.54 Å². The van der Waals surface area contributed by atoms with E-state index in [0.29, 0.717) is 23.6 Å². The number of amides is 1. The number of hydrogen-bond donors (Lipinski definition) is 4. The molecule has 0 atom stereocenters. The molecule has 9 heteroatoms. The minimum absolute atomic E-state index is 0.119. The summed E-state index contributed by atoms with van der Waals surface area (Å²) < 4.78 is 0. The molecule has 0 bridgehead atoms. The van der Waals surface area contributed by atoms with E-state index in [1.807, 2.05) is 37.4 Å². The first-order valence-corrected chi connectivity index (χ1v) is 11.2. The number of anilines is 2. The normalized spacial score (nSPS) is 14.7. The standard InChI is InChI=1S/C24H27N7O2/c1-14-11-28-22-17(24(33)25-2)4-3-15(21(14)22)12-27-19-13-26-18-5-6-20(30-23(18)29-19)31-9-7-16(32)8-10-31/h3-6,11,13,16,28,32H,7-10,12H2,1-2H3,(H,25,33)(H,27,29,30). The molecule has 1 fully saturated rings. The van der Waals surface area contributed by atoms with Gasteiger partial charge in [-0.25, -0.2) is 15.0 Å². The monoisotopic (exact) mass is 445 g/mol. The Morgan fingerprint density at radius 1 is 1.21 bits per heavy atom. The van der Waals surface area contributed by atoms with Crippen LogP contribution in [0.25, 0.3) is 22.1 Å². The number of aliphatic hydroxyl groups is 1. The molecule has 1 aromatic carbocycles. The quantitative estimate of drug-likeness (QED) is 0.373. The van der Waals surface area contributed by atoms with Crippen molar-refractivity contribution in [3.8, 4) is 0 Å². The van der Waals surface area contributed by atoms with Gasteiger partial charge in [-0.2, -0.15) is 0 Å². The number of benzene rings is 1. The number of hydrogen-bond acceptors (Lipinski definition) is 7. The number of aromatic nitrogens is 4. The van der Waals surface area contributed by atoms with Crippen molar-refractivity contribution in [2.45, 2.75) is 32.4 Å². The zero-order valence-corrected chi connectivity index (χ0v) is 18.7. The summed E-state index contributed by atoms with van der Waals surface area (Å²) in [7, 11) is 1.63. The van der Waals surface area contributed by atoms with E-state index in [1.54, 1.807) is 13.2 Å². The predicted octanol–water partition coefficient (Wildman–Crippen LogP) is 2.75. The minimum Gasteiger partial charge on any atom is -0.393 e. The van der Waals surface area contributed by atoms with Gasteiger partial charge in [0.25, 0.3) is 5.91 Å². The summed E-state index contributed by atoms with van der Waals surface area (Å²) in [4.78, 5) is 31.5. The van der Waals surface area contributed by atoms with Gasteiger partial charge >= 0.3 is 0 Å². The largest absolute Gasteiger partial charge is 0.393 e. The van der Waals surface area contributed by atoms with E-state index in [-0.39, 0.29) is 12.0 Å². The summed E-state index contributed by atoms with van der Waals surface area (Å²) >= 11 is 0. The summed E-state index contributed by atoms with van der Waals surface area (Å²) in [5.74, 6) is 1.38. The molecule has 1 saturated heterocycles. The zero-order chi connectivity index (χ0) is 22.9. The van der Waals surface area contributed by atoms with Crippen LogP contribution in [0, 0.1) is 6.92 Å². The number of fused-ring (bicyclic) bond motifs is 2. The van der Waals surface area contributed by atoms with Crippen molar-refractivity contribution < 1.29 is 9.90 Å². The lowest BCUT2D eigenvalue weighted by atomic mass is 10.0. The summed E-state index contributed by atoms with van der Waals surface area (Å²) in [5, 5.41) is 16.8. The number of aliphatic hydroxyl groups excluding tert-OH is 1. The van der Waals surface area contributed by atoms with E-state index in [1.165, 1.54) is 0 Å². The van der Waals surface area contributed by atoms with Crippen molar-refractivity contribution in [1.29, 1.82) is 0 Å². The van der Waals surface area contributed by atoms with E-state index in [9.17, 15) is 9.90 Å². The third kappa shape index (κ3) is 4.07. The molecule has 1 aliphatic rings. The number of carbonyl (C=O) groups excluding carboxylic acids is 1. The average molecular weight is 446 g/mol. The minimum atomic E-state index is -0.224. The summed E-state index contributed by atoms with van der Waals surface area (Å²) in [6.45, 7) is 4.12. The molecule has 1 amide bonds. The Morgan fingerprint density at radius 2 is 2.03 bits per heavy atom. The van der Waals surface area contributed by atoms with Gasteiger partial charge in [0.2, 0.25) is 0 Å². The van der Waals surface area contributed by atoms with E-state index in [0.717, 1.165) is 59.3 Å². The number of aromatic amines is 1. The molecular formula is C24H27N7O2. The van der Waals surface area contributed by atoms with Crippen LogP contribution in [0.1, 0.15) is 34.3 Å². The highest BCUT2D eigenvalue weighted by Crippen LogP contribution is 2.27. The van der Waals surface area contributed by atoms with Gasteiger partial charge in [-0.3, -0.25) is 4.79 Å². The highest BCUT2D eigenvalue weighted by molar-refractivity contribution is 6.07. The molecule has 4 aromatic rings. The fraction of sp³-hybridized carbons (Fsp3) is 0.333. The molecule has 5 rings (SSSR count). The first-order valence-electron chi connectivity index (χ1n) is 11.2. The molecule has 0 unspecified atom stereocenters. The first-order chi connectivity index (χ1) is 16.0. The van der Waals surface area contributed by atoms with Crippen LogP contribution >= 0.6 is 0 Å². The third-order valence-electron chi connectivity index (χ3n) is 6.23. The van der Waals surface area contributed by atoms with Gasteiger partial charge in [0.1, 0.15) is 17.2 Å². The van der Waals surface area contributed by atoms with E-state index >= 15 is 0 Å². The van der Waals surface area contributed by atoms with Gasteiger partial charge in [0.15, 0.2) is 5.65 Å². The number of aryl methyl sites for hydroxylation is 1. The van der Waals surface area contributed by atoms with Gasteiger partial charge in [0.05, 0.1) is 23.4 Å². The molecule has 9 nitrogen and oxygen atoms in total. The Labute approximate surface area is 191 Å². The van der Waals surface area contributed by atoms with Crippen molar-refractivity contribution in [3.05, 3.63) is 53.3 Å². The molecule has 0 spiro atoms. The topological polar surface area (TPSA) is 119 Å². The lowest BCUT2D eigenvalue weighted by Crippen LogP contribution is -2.36. The van der Waals surface area contributed by atoms with Crippen LogP contribution in [0.15, 0.2) is 36.7 Å². The van der Waals surface area contributed by atoms with Crippen molar-refractivity contribution >= 4 is 39.6 Å². The van der Waals surface area contributed by atoms with Crippen molar-refractivity contribution in [1.82, 2.24) is 25.3 Å². The summed E-state index contributed by atoms with van der Waals surface area (Å²) in [6.07, 6.45) is 4.90. The number of piperidine rings is 1. The predicted molar refractivity (Wildman–Crippen MR) is 129 cm³/mol. The van der Waals surface area contributed by atoms with Crippen molar-refractivity contribution in [2.75, 3.05) is 30.4 Å². The van der Waals surface area contributed by atoms with Crippen LogP contribution in [-0.4, -0.2) is 57.2 Å². The summed E-state index contributed by atoms with van der Waals surface area (Å²) in [5.41, 5.74) is 4.91. The Morgan fingerprint density at radius 3 is 2.82 bits per heavy atom. The number of carbonyl (C=O) groups is 1. The number of rotatable bonds is 5. The molecule has 4 N–H and O–H groups in total. The van der Waals surface area contributed by atoms with E-state index in [2.05, 4.69) is 30.5 Å². The van der Waals surface area contributed by atoms with Crippen LogP contribution < -0.4 is 15.5 Å². The Kier molecular flexibility index (Phi) is 5.55. The lowest BCUT2D eigenvalue weighted by Gasteiger charge is -2.30. The molecule has 33 heavy (non-hydrogen) atoms.